The van der Waals surface area contributed by atoms with Crippen LogP contribution in [0.2, 0.25) is 0 Å². The van der Waals surface area contributed by atoms with E-state index in [1.807, 2.05) is 0 Å². The van der Waals surface area contributed by atoms with Crippen molar-refractivity contribution in [3.8, 4) is 5.75 Å². The van der Waals surface area contributed by atoms with Gasteiger partial charge in [-0.15, -0.1) is 0 Å². The molecule has 0 aliphatic carbocycles. The highest BCUT2D eigenvalue weighted by atomic mass is 32.2. The summed E-state index contributed by atoms with van der Waals surface area (Å²) in [4.78, 5) is 22.3. The number of carbonyl (C=O) groups is 2. The van der Waals surface area contributed by atoms with Gasteiger partial charge in [-0.3, -0.25) is 9.59 Å². The molecule has 2 N–H and O–H groups in total. The van der Waals surface area contributed by atoms with Gasteiger partial charge in [-0.2, -0.15) is 0 Å². The highest BCUT2D eigenvalue weighted by Gasteiger charge is 2.42. The number of hydrogen-bond acceptors (Lipinski definition) is 5. The van der Waals surface area contributed by atoms with Gasteiger partial charge >= 0.3 is 5.97 Å². The number of rotatable bonds is 3. The maximum atomic E-state index is 12.2. The number of carbonyl (C=O) groups excluding carboxylic acids is 1. The Bertz CT molecular complexity index is 651. The summed E-state index contributed by atoms with van der Waals surface area (Å²) in [5, 5.41) is 9.46. The van der Waals surface area contributed by atoms with Crippen LogP contribution in [0.5, 0.6) is 5.75 Å². The molecule has 1 aromatic carbocycles. The Labute approximate surface area is 109 Å². The van der Waals surface area contributed by atoms with Gasteiger partial charge in [0.1, 0.15) is 11.4 Å². The lowest BCUT2D eigenvalue weighted by atomic mass is 10.2. The summed E-state index contributed by atoms with van der Waals surface area (Å²) in [6.07, 6.45) is -0.773. The summed E-state index contributed by atoms with van der Waals surface area (Å²) in [5.74, 6) is -2.00. The third kappa shape index (κ3) is 2.14. The van der Waals surface area contributed by atoms with E-state index in [9.17, 15) is 18.0 Å². The van der Waals surface area contributed by atoms with Crippen LogP contribution in [0.1, 0.15) is 6.42 Å². The van der Waals surface area contributed by atoms with E-state index in [0.717, 1.165) is 0 Å². The van der Waals surface area contributed by atoms with Gasteiger partial charge in [-0.05, 0) is 12.1 Å². The van der Waals surface area contributed by atoms with Crippen LogP contribution in [-0.2, 0) is 19.4 Å². The van der Waals surface area contributed by atoms with E-state index in [2.05, 4.69) is 5.32 Å². The predicted octanol–water partition coefficient (Wildman–Crippen LogP) is 0.264. The van der Waals surface area contributed by atoms with Gasteiger partial charge < -0.3 is 15.2 Å². The van der Waals surface area contributed by atoms with E-state index < -0.39 is 33.4 Å². The number of amides is 1. The Balaban J connectivity index is 2.60. The Kier molecular flexibility index (Phi) is 3.19. The molecule has 2 rings (SSSR count). The number of carboxylic acid groups (broad SMARTS) is 1. The SMILES string of the molecule is COc1cccc2c1NC(=O)C(CC(=O)O)S2(=O)=O. The number of benzene rings is 1. The average molecular weight is 285 g/mol. The molecule has 0 saturated carbocycles. The molecule has 0 saturated heterocycles. The van der Waals surface area contributed by atoms with Crippen LogP contribution in [0.3, 0.4) is 0 Å². The van der Waals surface area contributed by atoms with Gasteiger partial charge in [-0.1, -0.05) is 6.07 Å². The molecule has 0 radical (unpaired) electrons. The van der Waals surface area contributed by atoms with E-state index in [1.54, 1.807) is 0 Å². The smallest absolute Gasteiger partial charge is 0.305 e. The number of para-hydroxylation sites is 1. The standard InChI is InChI=1S/C11H11NO6S/c1-18-6-3-2-4-7-10(6)12-11(15)8(5-9(13)14)19(7,16)17/h2-4,8H,5H2,1H3,(H,12,15)(H,13,14). The average Bonchev–Trinajstić information content (AvgIpc) is 2.34. The number of sulfone groups is 1. The van der Waals surface area contributed by atoms with Gasteiger partial charge in [-0.25, -0.2) is 8.42 Å². The summed E-state index contributed by atoms with van der Waals surface area (Å²) in [5.41, 5.74) is 0.0524. The van der Waals surface area contributed by atoms with Gasteiger partial charge in [0, 0.05) is 0 Å². The zero-order chi connectivity index (χ0) is 14.2. The Hall–Kier alpha value is -2.09. The van der Waals surface area contributed by atoms with Crippen LogP contribution in [0.4, 0.5) is 5.69 Å². The lowest BCUT2D eigenvalue weighted by Gasteiger charge is -2.25. The molecule has 1 heterocycles. The zero-order valence-corrected chi connectivity index (χ0v) is 10.7. The second kappa shape index (κ2) is 4.54. The number of aliphatic carboxylic acids is 1. The largest absolute Gasteiger partial charge is 0.495 e. The second-order valence-electron chi connectivity index (χ2n) is 3.95. The molecule has 1 unspecified atom stereocenters. The molecule has 19 heavy (non-hydrogen) atoms. The minimum absolute atomic E-state index is 0.0524. The number of carboxylic acids is 1. The van der Waals surface area contributed by atoms with E-state index in [4.69, 9.17) is 9.84 Å². The molecule has 1 aliphatic heterocycles. The van der Waals surface area contributed by atoms with Crippen LogP contribution in [-0.4, -0.2) is 37.8 Å². The van der Waals surface area contributed by atoms with Crippen molar-refractivity contribution in [3.05, 3.63) is 18.2 Å². The fourth-order valence-corrected chi connectivity index (χ4v) is 3.61. The van der Waals surface area contributed by atoms with Crippen molar-refractivity contribution in [1.29, 1.82) is 0 Å². The molecule has 7 nitrogen and oxygen atoms in total. The van der Waals surface area contributed by atoms with E-state index in [0.29, 0.717) is 0 Å². The van der Waals surface area contributed by atoms with Crippen molar-refractivity contribution in [2.24, 2.45) is 0 Å². The van der Waals surface area contributed by atoms with Crippen LogP contribution in [0.15, 0.2) is 23.1 Å². The van der Waals surface area contributed by atoms with Crippen molar-refractivity contribution in [3.63, 3.8) is 0 Å². The quantitative estimate of drug-likeness (QED) is 0.824. The molecule has 1 atom stereocenters. The molecule has 0 bridgehead atoms. The normalized spacial score (nSPS) is 20.3. The number of fused-ring (bicyclic) bond motifs is 1. The Morgan fingerprint density at radius 2 is 2.16 bits per heavy atom. The van der Waals surface area contributed by atoms with Crippen LogP contribution < -0.4 is 10.1 Å². The number of ether oxygens (including phenoxy) is 1. The topological polar surface area (TPSA) is 110 Å². The summed E-state index contributed by atoms with van der Waals surface area (Å²) in [6, 6.07) is 4.28. The van der Waals surface area contributed by atoms with Crippen molar-refractivity contribution in [2.75, 3.05) is 12.4 Å². The first kappa shape index (κ1) is 13.3. The highest BCUT2D eigenvalue weighted by molar-refractivity contribution is 7.93. The zero-order valence-electron chi connectivity index (χ0n) is 9.91. The third-order valence-electron chi connectivity index (χ3n) is 2.79. The summed E-state index contributed by atoms with van der Waals surface area (Å²) < 4.78 is 29.5. The second-order valence-corrected chi connectivity index (χ2v) is 6.05. The molecule has 102 valence electrons. The summed E-state index contributed by atoms with van der Waals surface area (Å²) in [7, 11) is -2.69. The fraction of sp³-hybridized carbons (Fsp3) is 0.273. The van der Waals surface area contributed by atoms with Crippen LogP contribution in [0, 0.1) is 0 Å². The maximum absolute atomic E-state index is 12.2. The molecule has 1 amide bonds. The minimum atomic E-state index is -4.03. The van der Waals surface area contributed by atoms with Crippen molar-refractivity contribution < 1.29 is 27.9 Å². The molecule has 1 aromatic rings. The Morgan fingerprint density at radius 1 is 1.47 bits per heavy atom. The fourth-order valence-electron chi connectivity index (χ4n) is 1.90. The lowest BCUT2D eigenvalue weighted by molar-refractivity contribution is -0.138. The van der Waals surface area contributed by atoms with Gasteiger partial charge in [0.05, 0.1) is 18.4 Å². The van der Waals surface area contributed by atoms with Crippen molar-refractivity contribution >= 4 is 27.4 Å². The van der Waals surface area contributed by atoms with Gasteiger partial charge in [0.15, 0.2) is 15.1 Å². The molecular formula is C11H11NO6S. The maximum Gasteiger partial charge on any atom is 0.305 e. The summed E-state index contributed by atoms with van der Waals surface area (Å²) in [6.45, 7) is 0. The Morgan fingerprint density at radius 3 is 2.74 bits per heavy atom. The third-order valence-corrected chi connectivity index (χ3v) is 4.87. The number of hydrogen-bond donors (Lipinski definition) is 2. The van der Waals surface area contributed by atoms with Crippen molar-refractivity contribution in [2.45, 2.75) is 16.6 Å². The number of methoxy groups -OCH3 is 1. The van der Waals surface area contributed by atoms with Crippen LogP contribution in [0.25, 0.3) is 0 Å². The minimum Gasteiger partial charge on any atom is -0.495 e. The molecule has 1 aliphatic rings. The molecular weight excluding hydrogens is 274 g/mol. The van der Waals surface area contributed by atoms with Crippen molar-refractivity contribution in [1.82, 2.24) is 0 Å². The number of nitrogens with one attached hydrogen (secondary N) is 1. The monoisotopic (exact) mass is 285 g/mol. The number of anilines is 1. The van der Waals surface area contributed by atoms with Gasteiger partial charge in [0.25, 0.3) is 0 Å². The van der Waals surface area contributed by atoms with Crippen LogP contribution >= 0.6 is 0 Å². The molecule has 8 heteroatoms. The lowest BCUT2D eigenvalue weighted by Crippen LogP contribution is -2.41. The van der Waals surface area contributed by atoms with E-state index in [1.165, 1.54) is 25.3 Å². The molecule has 0 fully saturated rings. The molecule has 0 spiro atoms. The summed E-state index contributed by atoms with van der Waals surface area (Å²) >= 11 is 0. The van der Waals surface area contributed by atoms with E-state index >= 15 is 0 Å². The first-order chi connectivity index (χ1) is 8.87. The van der Waals surface area contributed by atoms with E-state index in [-0.39, 0.29) is 16.3 Å². The first-order valence-electron chi connectivity index (χ1n) is 5.31. The first-order valence-corrected chi connectivity index (χ1v) is 6.86. The molecule has 0 aromatic heterocycles. The highest BCUT2D eigenvalue weighted by Crippen LogP contribution is 2.37. The predicted molar refractivity (Wildman–Crippen MR) is 64.9 cm³/mol. The van der Waals surface area contributed by atoms with Gasteiger partial charge in [0.2, 0.25) is 5.91 Å².